The van der Waals surface area contributed by atoms with Crippen LogP contribution in [0.25, 0.3) is 11.0 Å². The van der Waals surface area contributed by atoms with Crippen molar-refractivity contribution >= 4 is 54.4 Å². The Kier molecular flexibility index (Phi) is 6.18. The van der Waals surface area contributed by atoms with Gasteiger partial charge >= 0.3 is 0 Å². The van der Waals surface area contributed by atoms with Gasteiger partial charge in [0.25, 0.3) is 5.91 Å². The maximum atomic E-state index is 13.8. The third-order valence-corrected chi connectivity index (χ3v) is 7.33. The molecule has 1 atom stereocenters. The number of fused-ring (bicyclic) bond motifs is 2. The Morgan fingerprint density at radius 3 is 2.41 bits per heavy atom. The molecule has 1 amide bonds. The van der Waals surface area contributed by atoms with E-state index in [2.05, 4.69) is 31.9 Å². The summed E-state index contributed by atoms with van der Waals surface area (Å²) in [7, 11) is 0. The minimum absolute atomic E-state index is 0.0559. The van der Waals surface area contributed by atoms with Gasteiger partial charge in [0.2, 0.25) is 5.76 Å². The van der Waals surface area contributed by atoms with Gasteiger partial charge in [0.1, 0.15) is 17.9 Å². The van der Waals surface area contributed by atoms with Gasteiger partial charge in [0, 0.05) is 14.6 Å². The summed E-state index contributed by atoms with van der Waals surface area (Å²) in [5.41, 5.74) is 2.90. The van der Waals surface area contributed by atoms with Crippen LogP contribution in [0.2, 0.25) is 0 Å². The fraction of sp³-hybridized carbons (Fsp3) is 0.0667. The summed E-state index contributed by atoms with van der Waals surface area (Å²) in [6.45, 7) is 0.403. The van der Waals surface area contributed by atoms with Crippen LogP contribution in [0, 0.1) is 0 Å². The lowest BCUT2D eigenvalue weighted by Crippen LogP contribution is -2.29. The second kappa shape index (κ2) is 9.65. The first-order chi connectivity index (χ1) is 18.0. The van der Waals surface area contributed by atoms with Crippen molar-refractivity contribution in [2.45, 2.75) is 12.6 Å². The Bertz CT molecular complexity index is 1710. The van der Waals surface area contributed by atoms with Crippen molar-refractivity contribution in [3.05, 3.63) is 139 Å². The number of carbonyl (C=O) groups is 1. The molecule has 1 unspecified atom stereocenters. The molecule has 2 heterocycles. The minimum Gasteiger partial charge on any atom is -0.489 e. The van der Waals surface area contributed by atoms with Gasteiger partial charge in [0.05, 0.1) is 17.0 Å². The van der Waals surface area contributed by atoms with Gasteiger partial charge in [-0.15, -0.1) is 0 Å². The van der Waals surface area contributed by atoms with Crippen LogP contribution in [0.1, 0.15) is 33.3 Å². The van der Waals surface area contributed by atoms with Crippen LogP contribution < -0.4 is 15.1 Å². The first-order valence-corrected chi connectivity index (χ1v) is 13.2. The predicted molar refractivity (Wildman–Crippen MR) is 150 cm³/mol. The lowest BCUT2D eigenvalue weighted by atomic mass is 9.98. The van der Waals surface area contributed by atoms with Crippen LogP contribution in [0.3, 0.4) is 0 Å². The molecule has 5 nitrogen and oxygen atoms in total. The van der Waals surface area contributed by atoms with Crippen LogP contribution in [0.4, 0.5) is 5.69 Å². The fourth-order valence-corrected chi connectivity index (χ4v) is 5.42. The van der Waals surface area contributed by atoms with Gasteiger partial charge in [-0.05, 0) is 59.7 Å². The third kappa shape index (κ3) is 4.38. The van der Waals surface area contributed by atoms with Gasteiger partial charge in [0.15, 0.2) is 5.43 Å². The molecule has 4 aromatic carbocycles. The molecule has 0 saturated carbocycles. The highest BCUT2D eigenvalue weighted by atomic mass is 79.9. The number of ether oxygens (including phenoxy) is 1. The summed E-state index contributed by atoms with van der Waals surface area (Å²) >= 11 is 6.95. The molecule has 37 heavy (non-hydrogen) atoms. The van der Waals surface area contributed by atoms with Gasteiger partial charge in [-0.1, -0.05) is 80.4 Å². The zero-order valence-corrected chi connectivity index (χ0v) is 22.5. The largest absolute Gasteiger partial charge is 0.489 e. The smallest absolute Gasteiger partial charge is 0.295 e. The van der Waals surface area contributed by atoms with E-state index in [0.717, 1.165) is 20.1 Å². The monoisotopic (exact) mass is 615 g/mol. The Morgan fingerprint density at radius 2 is 1.59 bits per heavy atom. The van der Waals surface area contributed by atoms with Crippen molar-refractivity contribution in [3.8, 4) is 5.75 Å². The van der Waals surface area contributed by atoms with Gasteiger partial charge in [-0.3, -0.25) is 14.5 Å². The summed E-state index contributed by atoms with van der Waals surface area (Å²) in [6.07, 6.45) is 0. The normalized spacial score (nSPS) is 14.7. The van der Waals surface area contributed by atoms with Crippen molar-refractivity contribution in [3.63, 3.8) is 0 Å². The molecule has 182 valence electrons. The Labute approximate surface area is 229 Å². The molecule has 0 N–H and O–H groups in total. The van der Waals surface area contributed by atoms with Gasteiger partial charge in [-0.25, -0.2) is 0 Å². The Balaban J connectivity index is 1.50. The van der Waals surface area contributed by atoms with Crippen LogP contribution in [0.15, 0.2) is 115 Å². The van der Waals surface area contributed by atoms with E-state index in [1.165, 1.54) is 0 Å². The number of rotatable bonds is 5. The second-order valence-corrected chi connectivity index (χ2v) is 10.6. The summed E-state index contributed by atoms with van der Waals surface area (Å²) in [5.74, 6) is 0.334. The van der Waals surface area contributed by atoms with E-state index < -0.39 is 6.04 Å². The van der Waals surface area contributed by atoms with Gasteiger partial charge < -0.3 is 9.15 Å². The molecular weight excluding hydrogens is 598 g/mol. The quantitative estimate of drug-likeness (QED) is 0.204. The molecule has 1 aromatic heterocycles. The lowest BCUT2D eigenvalue weighted by molar-refractivity contribution is 0.0971. The van der Waals surface area contributed by atoms with Crippen LogP contribution in [-0.4, -0.2) is 5.91 Å². The van der Waals surface area contributed by atoms with E-state index in [9.17, 15) is 9.59 Å². The average Bonchev–Trinajstić information content (AvgIpc) is 3.21. The lowest BCUT2D eigenvalue weighted by Gasteiger charge is -2.25. The van der Waals surface area contributed by atoms with E-state index in [-0.39, 0.29) is 17.1 Å². The number of carbonyl (C=O) groups excluding carboxylic acids is 1. The number of nitrogens with zero attached hydrogens (tertiary/aromatic N) is 1. The molecular formula is C30H19Br2NO4. The maximum absolute atomic E-state index is 13.8. The summed E-state index contributed by atoms with van der Waals surface area (Å²) < 4.78 is 13.7. The maximum Gasteiger partial charge on any atom is 0.295 e. The Morgan fingerprint density at radius 1 is 0.811 bits per heavy atom. The van der Waals surface area contributed by atoms with E-state index in [1.807, 2.05) is 78.9 Å². The van der Waals surface area contributed by atoms with Crippen molar-refractivity contribution in [2.75, 3.05) is 4.90 Å². The molecule has 0 spiro atoms. The van der Waals surface area contributed by atoms with Crippen molar-refractivity contribution in [2.24, 2.45) is 0 Å². The number of amides is 1. The molecule has 0 radical (unpaired) electrons. The van der Waals surface area contributed by atoms with Crippen molar-refractivity contribution in [1.29, 1.82) is 0 Å². The van der Waals surface area contributed by atoms with E-state index in [1.54, 1.807) is 23.1 Å². The molecule has 0 saturated heterocycles. The van der Waals surface area contributed by atoms with E-state index in [4.69, 9.17) is 9.15 Å². The number of halogens is 2. The third-order valence-electron chi connectivity index (χ3n) is 6.34. The number of anilines is 1. The summed E-state index contributed by atoms with van der Waals surface area (Å²) in [5, 5.41) is 0.415. The van der Waals surface area contributed by atoms with Crippen LogP contribution >= 0.6 is 31.9 Å². The molecule has 1 aliphatic rings. The molecule has 7 heteroatoms. The summed E-state index contributed by atoms with van der Waals surface area (Å²) in [6, 6.07) is 29.4. The predicted octanol–water partition coefficient (Wildman–Crippen LogP) is 7.65. The molecule has 1 aliphatic heterocycles. The van der Waals surface area contributed by atoms with E-state index in [0.29, 0.717) is 34.6 Å². The molecule has 0 bridgehead atoms. The second-order valence-electron chi connectivity index (χ2n) is 8.72. The number of hydrogen-bond acceptors (Lipinski definition) is 4. The zero-order valence-electron chi connectivity index (χ0n) is 19.4. The molecule has 0 aliphatic carbocycles. The zero-order chi connectivity index (χ0) is 25.5. The van der Waals surface area contributed by atoms with Crippen LogP contribution in [-0.2, 0) is 6.61 Å². The summed E-state index contributed by atoms with van der Waals surface area (Å²) in [4.78, 5) is 29.2. The van der Waals surface area contributed by atoms with E-state index >= 15 is 0 Å². The molecule has 6 rings (SSSR count). The average molecular weight is 617 g/mol. The number of hydrogen-bond donors (Lipinski definition) is 0. The van der Waals surface area contributed by atoms with Gasteiger partial charge in [-0.2, -0.15) is 0 Å². The fourth-order valence-electron chi connectivity index (χ4n) is 4.67. The Hall–Kier alpha value is -3.68. The van der Waals surface area contributed by atoms with Crippen molar-refractivity contribution in [1.82, 2.24) is 0 Å². The highest BCUT2D eigenvalue weighted by Gasteiger charge is 2.43. The standard InChI is InChI=1S/C30H19Br2NO4/c31-20-9-5-10-22(15-20)33-27(19-8-4-11-23(14-19)36-17-18-6-2-1-3-7-18)26-28(34)24-16-21(32)12-13-25(24)37-29(26)30(33)35/h1-16,27H,17H2. The van der Waals surface area contributed by atoms with Crippen LogP contribution in [0.5, 0.6) is 5.75 Å². The first kappa shape index (κ1) is 23.7. The van der Waals surface area contributed by atoms with Crippen molar-refractivity contribution < 1.29 is 13.9 Å². The highest BCUT2D eigenvalue weighted by molar-refractivity contribution is 9.10. The molecule has 0 fully saturated rings. The first-order valence-electron chi connectivity index (χ1n) is 11.6. The number of benzene rings is 4. The highest BCUT2D eigenvalue weighted by Crippen LogP contribution is 2.42. The SMILES string of the molecule is O=C1c2oc3ccc(Br)cc3c(=O)c2C(c2cccc(OCc3ccccc3)c2)N1c1cccc(Br)c1. The minimum atomic E-state index is -0.684. The molecule has 5 aromatic rings. The topological polar surface area (TPSA) is 59.8 Å².